The van der Waals surface area contributed by atoms with Crippen LogP contribution in [-0.2, 0) is 4.79 Å². The van der Waals surface area contributed by atoms with Crippen molar-refractivity contribution in [3.05, 3.63) is 47.9 Å². The Hall–Kier alpha value is -1.19. The monoisotopic (exact) mass is 247 g/mol. The molecule has 2 aliphatic rings. The second-order valence-corrected chi connectivity index (χ2v) is 2.92. The molecule has 0 unspecified atom stereocenters. The summed E-state index contributed by atoms with van der Waals surface area (Å²) < 4.78 is 0. The number of nitrogens with zero attached hydrogens (tertiary/aromatic N) is 1. The molecule has 0 atom stereocenters. The van der Waals surface area contributed by atoms with Gasteiger partial charge in [0.25, 0.3) is 0 Å². The standard InChI is InChI=1S/C10H9NO2.2ClH/c12-10(13)8-4-5-9-3-1-2-6-11(9)7-8;;/h1-6H,7H2,(H,12,13);2*1H. The minimum Gasteiger partial charge on any atom is -0.478 e. The third kappa shape index (κ3) is 2.88. The van der Waals surface area contributed by atoms with Crippen molar-refractivity contribution in [3.63, 3.8) is 0 Å². The van der Waals surface area contributed by atoms with Crippen molar-refractivity contribution in [2.45, 2.75) is 0 Å². The lowest BCUT2D eigenvalue weighted by atomic mass is 10.1. The van der Waals surface area contributed by atoms with E-state index in [0.717, 1.165) is 5.70 Å². The zero-order valence-corrected chi connectivity index (χ0v) is 9.42. The Morgan fingerprint density at radius 2 is 2.00 bits per heavy atom. The molecule has 0 bridgehead atoms. The molecule has 3 nitrogen and oxygen atoms in total. The van der Waals surface area contributed by atoms with E-state index in [1.165, 1.54) is 0 Å². The van der Waals surface area contributed by atoms with E-state index >= 15 is 0 Å². The molecule has 2 aliphatic heterocycles. The second-order valence-electron chi connectivity index (χ2n) is 2.92. The van der Waals surface area contributed by atoms with E-state index < -0.39 is 5.97 Å². The minimum atomic E-state index is -0.849. The number of carboxylic acid groups (broad SMARTS) is 1. The third-order valence-corrected chi connectivity index (χ3v) is 2.05. The summed E-state index contributed by atoms with van der Waals surface area (Å²) in [7, 11) is 0. The highest BCUT2D eigenvalue weighted by atomic mass is 35.5. The van der Waals surface area contributed by atoms with E-state index in [2.05, 4.69) is 0 Å². The fraction of sp³-hybridized carbons (Fsp3) is 0.100. The highest BCUT2D eigenvalue weighted by Gasteiger charge is 2.16. The van der Waals surface area contributed by atoms with E-state index in [0.29, 0.717) is 12.1 Å². The lowest BCUT2D eigenvalue weighted by molar-refractivity contribution is -0.132. The fourth-order valence-electron chi connectivity index (χ4n) is 1.35. The Bertz CT molecular complexity index is 370. The molecule has 0 aliphatic carbocycles. The maximum Gasteiger partial charge on any atom is 0.333 e. The number of rotatable bonds is 1. The number of hydrogen-bond donors (Lipinski definition) is 1. The van der Waals surface area contributed by atoms with E-state index in [1.54, 1.807) is 6.08 Å². The Labute approximate surface area is 100 Å². The van der Waals surface area contributed by atoms with Crippen molar-refractivity contribution in [1.82, 2.24) is 4.90 Å². The van der Waals surface area contributed by atoms with E-state index in [-0.39, 0.29) is 24.8 Å². The molecular formula is C10H11Cl2NO2. The van der Waals surface area contributed by atoms with Gasteiger partial charge in [-0.05, 0) is 24.3 Å². The molecule has 2 heterocycles. The first-order valence-corrected chi connectivity index (χ1v) is 4.03. The predicted molar refractivity (Wildman–Crippen MR) is 63.3 cm³/mol. The van der Waals surface area contributed by atoms with Crippen LogP contribution in [0.1, 0.15) is 0 Å². The summed E-state index contributed by atoms with van der Waals surface area (Å²) in [5, 5.41) is 8.76. The molecule has 0 saturated heterocycles. The van der Waals surface area contributed by atoms with Crippen LogP contribution in [0.2, 0.25) is 0 Å². The number of allylic oxidation sites excluding steroid dienone is 5. The van der Waals surface area contributed by atoms with Gasteiger partial charge in [-0.1, -0.05) is 6.08 Å². The van der Waals surface area contributed by atoms with Crippen LogP contribution in [0.4, 0.5) is 0 Å². The molecule has 0 aromatic rings. The summed E-state index contributed by atoms with van der Waals surface area (Å²) >= 11 is 0. The first-order valence-electron chi connectivity index (χ1n) is 4.03. The summed E-state index contributed by atoms with van der Waals surface area (Å²) in [5.41, 5.74) is 1.45. The van der Waals surface area contributed by atoms with Crippen LogP contribution in [0.3, 0.4) is 0 Å². The van der Waals surface area contributed by atoms with Crippen LogP contribution in [0.25, 0.3) is 0 Å². The lowest BCUT2D eigenvalue weighted by Crippen LogP contribution is -2.25. The van der Waals surface area contributed by atoms with Crippen LogP contribution >= 0.6 is 24.8 Å². The Morgan fingerprint density at radius 1 is 1.27 bits per heavy atom. The van der Waals surface area contributed by atoms with E-state index in [1.807, 2.05) is 35.4 Å². The van der Waals surface area contributed by atoms with Crippen molar-refractivity contribution < 1.29 is 9.90 Å². The Balaban J connectivity index is 0.000000980. The zero-order chi connectivity index (χ0) is 9.26. The van der Waals surface area contributed by atoms with Crippen molar-refractivity contribution in [3.8, 4) is 0 Å². The molecule has 0 aromatic heterocycles. The normalized spacial score (nSPS) is 16.7. The summed E-state index contributed by atoms with van der Waals surface area (Å²) in [6.45, 7) is 0.446. The van der Waals surface area contributed by atoms with Gasteiger partial charge in [0.1, 0.15) is 0 Å². The zero-order valence-electron chi connectivity index (χ0n) is 7.79. The van der Waals surface area contributed by atoms with Crippen LogP contribution in [-0.4, -0.2) is 22.5 Å². The van der Waals surface area contributed by atoms with Crippen LogP contribution in [0.15, 0.2) is 47.9 Å². The van der Waals surface area contributed by atoms with Gasteiger partial charge in [0.15, 0.2) is 0 Å². The van der Waals surface area contributed by atoms with Crippen LogP contribution < -0.4 is 0 Å². The number of aliphatic carboxylic acids is 1. The van der Waals surface area contributed by atoms with Gasteiger partial charge in [0.05, 0.1) is 12.1 Å². The highest BCUT2D eigenvalue weighted by Crippen LogP contribution is 2.19. The molecule has 5 heteroatoms. The number of carboxylic acids is 1. The Morgan fingerprint density at radius 3 is 2.67 bits per heavy atom. The number of carbonyl (C=O) groups is 1. The summed E-state index contributed by atoms with van der Waals surface area (Å²) in [4.78, 5) is 12.6. The molecular weight excluding hydrogens is 237 g/mol. The third-order valence-electron chi connectivity index (χ3n) is 2.05. The second kappa shape index (κ2) is 5.63. The van der Waals surface area contributed by atoms with Gasteiger partial charge in [-0.2, -0.15) is 0 Å². The fourth-order valence-corrected chi connectivity index (χ4v) is 1.35. The average Bonchev–Trinajstić information content (AvgIpc) is 2.17. The quantitative estimate of drug-likeness (QED) is 0.772. The molecule has 0 spiro atoms. The van der Waals surface area contributed by atoms with Gasteiger partial charge in [-0.3, -0.25) is 0 Å². The molecule has 0 saturated carbocycles. The minimum absolute atomic E-state index is 0. The van der Waals surface area contributed by atoms with Gasteiger partial charge in [0, 0.05) is 11.9 Å². The van der Waals surface area contributed by atoms with E-state index in [4.69, 9.17) is 5.11 Å². The first-order chi connectivity index (χ1) is 6.27. The van der Waals surface area contributed by atoms with Gasteiger partial charge < -0.3 is 10.0 Å². The van der Waals surface area contributed by atoms with Crippen LogP contribution in [0.5, 0.6) is 0 Å². The summed E-state index contributed by atoms with van der Waals surface area (Å²) in [6, 6.07) is 0. The largest absolute Gasteiger partial charge is 0.478 e. The van der Waals surface area contributed by atoms with Crippen molar-refractivity contribution in [2.75, 3.05) is 6.54 Å². The SMILES string of the molecule is Cl.Cl.O=C(O)C1=CC=C2C=CC=CN2C1. The highest BCUT2D eigenvalue weighted by molar-refractivity contribution is 5.88. The maximum atomic E-state index is 10.7. The molecule has 2 rings (SSSR count). The van der Waals surface area contributed by atoms with Gasteiger partial charge in [0.2, 0.25) is 0 Å². The smallest absolute Gasteiger partial charge is 0.333 e. The van der Waals surface area contributed by atoms with Crippen LogP contribution in [0, 0.1) is 0 Å². The van der Waals surface area contributed by atoms with Gasteiger partial charge in [-0.15, -0.1) is 24.8 Å². The predicted octanol–water partition coefficient (Wildman–Crippen LogP) is 2.12. The van der Waals surface area contributed by atoms with Gasteiger partial charge in [-0.25, -0.2) is 4.79 Å². The van der Waals surface area contributed by atoms with Crippen molar-refractivity contribution in [2.24, 2.45) is 0 Å². The molecule has 82 valence electrons. The topological polar surface area (TPSA) is 40.5 Å². The first kappa shape index (κ1) is 13.8. The molecule has 0 fully saturated rings. The van der Waals surface area contributed by atoms with Crippen molar-refractivity contribution >= 4 is 30.8 Å². The molecule has 0 aromatic carbocycles. The molecule has 15 heavy (non-hydrogen) atoms. The maximum absolute atomic E-state index is 10.7. The number of halogens is 2. The molecule has 0 amide bonds. The van der Waals surface area contributed by atoms with Gasteiger partial charge >= 0.3 is 5.97 Å². The van der Waals surface area contributed by atoms with Crippen molar-refractivity contribution in [1.29, 1.82) is 0 Å². The molecule has 1 N–H and O–H groups in total. The summed E-state index contributed by atoms with van der Waals surface area (Å²) in [5.74, 6) is -0.849. The lowest BCUT2D eigenvalue weighted by Gasteiger charge is -2.26. The number of fused-ring (bicyclic) bond motifs is 1. The van der Waals surface area contributed by atoms with E-state index in [9.17, 15) is 4.79 Å². The average molecular weight is 248 g/mol. The Kier molecular flexibility index (Phi) is 5.19. The molecule has 0 radical (unpaired) electrons. The number of hydrogen-bond acceptors (Lipinski definition) is 2. The summed E-state index contributed by atoms with van der Waals surface area (Å²) in [6.07, 6.45) is 11.1.